The molecule has 0 aromatic heterocycles. The Hall–Kier alpha value is -1.42. The van der Waals surface area contributed by atoms with Crippen LogP contribution in [0.25, 0.3) is 0 Å². The average molecular weight is 264 g/mol. The van der Waals surface area contributed by atoms with E-state index < -0.39 is 0 Å². The topological polar surface area (TPSA) is 55.1 Å². The Morgan fingerprint density at radius 3 is 2.79 bits per heavy atom. The third-order valence-electron chi connectivity index (χ3n) is 3.81. The van der Waals surface area contributed by atoms with E-state index in [2.05, 4.69) is 5.32 Å². The van der Waals surface area contributed by atoms with E-state index in [9.17, 15) is 9.18 Å². The summed E-state index contributed by atoms with van der Waals surface area (Å²) >= 11 is 0. The van der Waals surface area contributed by atoms with E-state index in [1.807, 2.05) is 0 Å². The molecule has 1 aromatic rings. The fourth-order valence-corrected chi connectivity index (χ4v) is 2.55. The zero-order valence-electron chi connectivity index (χ0n) is 11.3. The van der Waals surface area contributed by atoms with Crippen LogP contribution in [0.1, 0.15) is 48.0 Å². The maximum Gasteiger partial charge on any atom is 0.251 e. The summed E-state index contributed by atoms with van der Waals surface area (Å²) in [6.07, 6.45) is 5.28. The Morgan fingerprint density at radius 1 is 1.32 bits per heavy atom. The minimum absolute atomic E-state index is 0.0213. The van der Waals surface area contributed by atoms with Crippen molar-refractivity contribution in [1.82, 2.24) is 5.32 Å². The zero-order chi connectivity index (χ0) is 13.8. The first-order valence-electron chi connectivity index (χ1n) is 6.90. The molecule has 104 valence electrons. The van der Waals surface area contributed by atoms with Crippen molar-refractivity contribution in [3.63, 3.8) is 0 Å². The summed E-state index contributed by atoms with van der Waals surface area (Å²) in [7, 11) is 0. The number of hydrogen-bond acceptors (Lipinski definition) is 2. The molecule has 1 aromatic carbocycles. The highest BCUT2D eigenvalue weighted by molar-refractivity contribution is 5.94. The van der Waals surface area contributed by atoms with Gasteiger partial charge < -0.3 is 11.1 Å². The zero-order valence-corrected chi connectivity index (χ0v) is 11.3. The number of rotatable bonds is 2. The molecular weight excluding hydrogens is 243 g/mol. The second-order valence-corrected chi connectivity index (χ2v) is 5.35. The number of carbonyl (C=O) groups is 1. The second-order valence-electron chi connectivity index (χ2n) is 5.35. The van der Waals surface area contributed by atoms with Crippen LogP contribution in [0.5, 0.6) is 0 Å². The van der Waals surface area contributed by atoms with Gasteiger partial charge in [-0.2, -0.15) is 0 Å². The number of carbonyl (C=O) groups excluding carboxylic acids is 1. The number of nitrogens with two attached hydrogens (primary N) is 1. The first-order valence-corrected chi connectivity index (χ1v) is 6.90. The van der Waals surface area contributed by atoms with Gasteiger partial charge in [0.25, 0.3) is 5.91 Å². The molecule has 0 bridgehead atoms. The van der Waals surface area contributed by atoms with Crippen molar-refractivity contribution in [3.05, 3.63) is 35.1 Å². The van der Waals surface area contributed by atoms with Crippen LogP contribution in [0.2, 0.25) is 0 Å². The van der Waals surface area contributed by atoms with Crippen LogP contribution in [0.4, 0.5) is 4.39 Å². The maximum atomic E-state index is 13.2. The van der Waals surface area contributed by atoms with Gasteiger partial charge in [0.2, 0.25) is 0 Å². The Morgan fingerprint density at radius 2 is 2.05 bits per heavy atom. The van der Waals surface area contributed by atoms with Gasteiger partial charge in [-0.1, -0.05) is 19.3 Å². The molecule has 0 radical (unpaired) electrons. The molecule has 0 saturated heterocycles. The lowest BCUT2D eigenvalue weighted by Crippen LogP contribution is -2.46. The van der Waals surface area contributed by atoms with E-state index in [1.54, 1.807) is 13.0 Å². The fraction of sp³-hybridized carbons (Fsp3) is 0.533. The van der Waals surface area contributed by atoms with Gasteiger partial charge >= 0.3 is 0 Å². The first-order chi connectivity index (χ1) is 9.08. The van der Waals surface area contributed by atoms with Crippen molar-refractivity contribution >= 4 is 5.91 Å². The molecule has 3 nitrogen and oxygen atoms in total. The van der Waals surface area contributed by atoms with E-state index in [1.165, 1.54) is 18.6 Å². The molecule has 4 heteroatoms. The minimum atomic E-state index is -0.289. The third-order valence-corrected chi connectivity index (χ3v) is 3.81. The van der Waals surface area contributed by atoms with E-state index in [4.69, 9.17) is 5.73 Å². The quantitative estimate of drug-likeness (QED) is 0.806. The highest BCUT2D eigenvalue weighted by atomic mass is 19.1. The minimum Gasteiger partial charge on any atom is -0.348 e. The van der Waals surface area contributed by atoms with Crippen molar-refractivity contribution in [2.45, 2.75) is 51.1 Å². The molecule has 0 aliphatic heterocycles. The van der Waals surface area contributed by atoms with E-state index >= 15 is 0 Å². The van der Waals surface area contributed by atoms with Crippen LogP contribution in [0.3, 0.4) is 0 Å². The van der Waals surface area contributed by atoms with E-state index in [0.29, 0.717) is 11.1 Å². The molecule has 1 saturated carbocycles. The first kappa shape index (κ1) is 14.0. The van der Waals surface area contributed by atoms with Gasteiger partial charge in [0.15, 0.2) is 0 Å². The number of hydrogen-bond donors (Lipinski definition) is 2. The van der Waals surface area contributed by atoms with Crippen LogP contribution < -0.4 is 11.1 Å². The molecule has 0 spiro atoms. The molecule has 0 heterocycles. The standard InChI is InChI=1S/C15H21FN2O/c1-10-9-11(7-8-12(10)16)15(19)18-14-6-4-2-3-5-13(14)17/h7-9,13-14H,2-6,17H2,1H3,(H,18,19). The largest absolute Gasteiger partial charge is 0.348 e. The Bertz CT molecular complexity index is 461. The molecule has 3 N–H and O–H groups in total. The van der Waals surface area contributed by atoms with Gasteiger partial charge in [-0.25, -0.2) is 4.39 Å². The molecule has 1 fully saturated rings. The lowest BCUT2D eigenvalue weighted by molar-refractivity contribution is 0.0928. The number of aryl methyl sites for hydroxylation is 1. The average Bonchev–Trinajstić information content (AvgIpc) is 2.58. The van der Waals surface area contributed by atoms with Gasteiger partial charge in [0.1, 0.15) is 5.82 Å². The van der Waals surface area contributed by atoms with Gasteiger partial charge in [0, 0.05) is 17.6 Å². The van der Waals surface area contributed by atoms with Crippen LogP contribution >= 0.6 is 0 Å². The van der Waals surface area contributed by atoms with Gasteiger partial charge in [-0.05, 0) is 43.5 Å². The summed E-state index contributed by atoms with van der Waals surface area (Å²) in [4.78, 5) is 12.1. The second kappa shape index (κ2) is 6.15. The normalized spacial score (nSPS) is 23.7. The summed E-state index contributed by atoms with van der Waals surface area (Å²) in [5.41, 5.74) is 7.06. The fourth-order valence-electron chi connectivity index (χ4n) is 2.55. The molecule has 2 unspecified atom stereocenters. The summed E-state index contributed by atoms with van der Waals surface area (Å²) in [5, 5.41) is 2.99. The summed E-state index contributed by atoms with van der Waals surface area (Å²) in [6, 6.07) is 4.47. The SMILES string of the molecule is Cc1cc(C(=O)NC2CCCCCC2N)ccc1F. The van der Waals surface area contributed by atoms with Crippen LogP contribution in [0.15, 0.2) is 18.2 Å². The van der Waals surface area contributed by atoms with Crippen molar-refractivity contribution in [1.29, 1.82) is 0 Å². The molecule has 1 aliphatic carbocycles. The maximum absolute atomic E-state index is 13.2. The van der Waals surface area contributed by atoms with Crippen molar-refractivity contribution in [2.24, 2.45) is 5.73 Å². The highest BCUT2D eigenvalue weighted by Crippen LogP contribution is 2.17. The van der Waals surface area contributed by atoms with Crippen molar-refractivity contribution in [2.75, 3.05) is 0 Å². The number of halogens is 1. The predicted molar refractivity (Wildman–Crippen MR) is 73.5 cm³/mol. The molecule has 2 rings (SSSR count). The molecule has 19 heavy (non-hydrogen) atoms. The predicted octanol–water partition coefficient (Wildman–Crippen LogP) is 2.52. The van der Waals surface area contributed by atoms with Gasteiger partial charge in [0.05, 0.1) is 0 Å². The van der Waals surface area contributed by atoms with Gasteiger partial charge in [-0.3, -0.25) is 4.79 Å². The smallest absolute Gasteiger partial charge is 0.251 e. The number of amides is 1. The Kier molecular flexibility index (Phi) is 4.53. The van der Waals surface area contributed by atoms with Crippen LogP contribution in [0, 0.1) is 12.7 Å². The Labute approximate surface area is 113 Å². The lowest BCUT2D eigenvalue weighted by atomic mass is 10.0. The van der Waals surface area contributed by atoms with E-state index in [-0.39, 0.29) is 23.8 Å². The molecule has 2 atom stereocenters. The summed E-state index contributed by atoms with van der Waals surface area (Å²) < 4.78 is 13.2. The van der Waals surface area contributed by atoms with Crippen LogP contribution in [-0.2, 0) is 0 Å². The monoisotopic (exact) mass is 264 g/mol. The molecule has 1 aliphatic rings. The molecular formula is C15H21FN2O. The Balaban J connectivity index is 2.05. The van der Waals surface area contributed by atoms with Crippen molar-refractivity contribution < 1.29 is 9.18 Å². The number of benzene rings is 1. The summed E-state index contributed by atoms with van der Waals surface area (Å²) in [5.74, 6) is -0.451. The summed E-state index contributed by atoms with van der Waals surface area (Å²) in [6.45, 7) is 1.66. The van der Waals surface area contributed by atoms with E-state index in [0.717, 1.165) is 25.7 Å². The molecule has 1 amide bonds. The van der Waals surface area contributed by atoms with Crippen molar-refractivity contribution in [3.8, 4) is 0 Å². The van der Waals surface area contributed by atoms with Crippen LogP contribution in [-0.4, -0.2) is 18.0 Å². The third kappa shape index (κ3) is 3.53. The van der Waals surface area contributed by atoms with Gasteiger partial charge in [-0.15, -0.1) is 0 Å². The highest BCUT2D eigenvalue weighted by Gasteiger charge is 2.22. The lowest BCUT2D eigenvalue weighted by Gasteiger charge is -2.22. The number of nitrogens with one attached hydrogen (secondary N) is 1.